The van der Waals surface area contributed by atoms with Crippen LogP contribution in [-0.4, -0.2) is 69.0 Å². The van der Waals surface area contributed by atoms with E-state index in [9.17, 15) is 18.0 Å². The van der Waals surface area contributed by atoms with E-state index in [-0.39, 0.29) is 28.2 Å². The highest BCUT2D eigenvalue weighted by molar-refractivity contribution is 7.92. The summed E-state index contributed by atoms with van der Waals surface area (Å²) < 4.78 is 43.4. The van der Waals surface area contributed by atoms with E-state index >= 15 is 0 Å². The van der Waals surface area contributed by atoms with E-state index in [0.29, 0.717) is 80.7 Å². The van der Waals surface area contributed by atoms with E-state index in [1.807, 2.05) is 16.7 Å². The molecule has 5 heterocycles. The summed E-state index contributed by atoms with van der Waals surface area (Å²) in [5.41, 5.74) is 2.42. The molecule has 226 valence electrons. The third-order valence-corrected chi connectivity index (χ3v) is 10.6. The first-order valence-corrected chi connectivity index (χ1v) is 16.5. The molecule has 1 spiro atoms. The van der Waals surface area contributed by atoms with Gasteiger partial charge in [0.25, 0.3) is 21.5 Å². The maximum atomic E-state index is 13.7. The first-order chi connectivity index (χ1) is 20.7. The minimum absolute atomic E-state index is 0.00757. The number of benzene rings is 2. The first-order valence-electron chi connectivity index (χ1n) is 14.6. The number of likely N-dealkylation sites (tertiary alicyclic amines) is 1. The van der Waals surface area contributed by atoms with E-state index in [2.05, 4.69) is 9.62 Å². The van der Waals surface area contributed by atoms with Crippen molar-refractivity contribution in [3.05, 3.63) is 87.3 Å². The second-order valence-electron chi connectivity index (χ2n) is 11.8. The summed E-state index contributed by atoms with van der Waals surface area (Å²) in [4.78, 5) is 30.2. The Kier molecular flexibility index (Phi) is 7.24. The van der Waals surface area contributed by atoms with Gasteiger partial charge in [0, 0.05) is 73.8 Å². The maximum Gasteiger partial charge on any atom is 0.262 e. The molecule has 4 aliphatic heterocycles. The van der Waals surface area contributed by atoms with Crippen molar-refractivity contribution in [3.63, 3.8) is 0 Å². The normalized spacial score (nSPS) is 22.8. The van der Waals surface area contributed by atoms with Crippen LogP contribution < -0.4 is 15.2 Å². The lowest BCUT2D eigenvalue weighted by Crippen LogP contribution is -2.47. The minimum Gasteiger partial charge on any atom is -0.369 e. The van der Waals surface area contributed by atoms with Gasteiger partial charge < -0.3 is 23.8 Å². The highest BCUT2D eigenvalue weighted by Crippen LogP contribution is 2.40. The fourth-order valence-electron chi connectivity index (χ4n) is 6.98. The SMILES string of the molecule is O=C(c1ccc(N2C[C@H]3C[C@@H](C2)c2cccc(=O)n2C3)c(NS(=O)(=O)c2cccc(Cl)c2)c1)N1CCC2(CC1)OCCO2. The van der Waals surface area contributed by atoms with Crippen molar-refractivity contribution in [1.29, 1.82) is 0 Å². The number of sulfonamides is 1. The molecule has 43 heavy (non-hydrogen) atoms. The van der Waals surface area contributed by atoms with Crippen LogP contribution in [0.5, 0.6) is 0 Å². The zero-order valence-electron chi connectivity index (χ0n) is 23.6. The average molecular weight is 625 g/mol. The van der Waals surface area contributed by atoms with Gasteiger partial charge in [0.1, 0.15) is 0 Å². The van der Waals surface area contributed by atoms with E-state index in [4.69, 9.17) is 21.1 Å². The molecule has 1 aromatic heterocycles. The predicted octanol–water partition coefficient (Wildman–Crippen LogP) is 3.91. The molecule has 0 aliphatic carbocycles. The number of rotatable bonds is 5. The third kappa shape index (κ3) is 5.43. The van der Waals surface area contributed by atoms with Crippen LogP contribution in [0.4, 0.5) is 11.4 Å². The van der Waals surface area contributed by atoms with Gasteiger partial charge in [-0.25, -0.2) is 8.42 Å². The highest BCUT2D eigenvalue weighted by Gasteiger charge is 2.41. The highest BCUT2D eigenvalue weighted by atomic mass is 35.5. The topological polar surface area (TPSA) is 110 Å². The number of amides is 1. The van der Waals surface area contributed by atoms with Crippen LogP contribution in [0.15, 0.2) is 70.4 Å². The van der Waals surface area contributed by atoms with E-state index < -0.39 is 15.8 Å². The zero-order valence-corrected chi connectivity index (χ0v) is 25.1. The van der Waals surface area contributed by atoms with Gasteiger partial charge in [-0.1, -0.05) is 23.7 Å². The molecule has 0 radical (unpaired) electrons. The molecular formula is C31H33ClN4O6S. The van der Waals surface area contributed by atoms with E-state index in [1.165, 1.54) is 12.1 Å². The second-order valence-corrected chi connectivity index (χ2v) is 13.9. The van der Waals surface area contributed by atoms with Crippen molar-refractivity contribution in [2.24, 2.45) is 5.92 Å². The molecule has 4 aliphatic rings. The molecule has 1 N–H and O–H groups in total. The van der Waals surface area contributed by atoms with Crippen molar-refractivity contribution in [2.75, 3.05) is 49.0 Å². The number of carbonyl (C=O) groups is 1. The second kappa shape index (κ2) is 11.0. The Bertz CT molecular complexity index is 1730. The van der Waals surface area contributed by atoms with Crippen molar-refractivity contribution in [3.8, 4) is 0 Å². The minimum atomic E-state index is -4.02. The molecular weight excluding hydrogens is 592 g/mol. The molecule has 3 aromatic rings. The molecule has 2 bridgehead atoms. The molecule has 2 atom stereocenters. The summed E-state index contributed by atoms with van der Waals surface area (Å²) in [5, 5.41) is 0.308. The number of aromatic nitrogens is 1. The number of hydrogen-bond acceptors (Lipinski definition) is 7. The van der Waals surface area contributed by atoms with Gasteiger partial charge in [-0.05, 0) is 54.8 Å². The number of halogens is 1. The zero-order chi connectivity index (χ0) is 29.8. The Morgan fingerprint density at radius 2 is 1.72 bits per heavy atom. The van der Waals surface area contributed by atoms with Crippen LogP contribution in [-0.2, 0) is 26.0 Å². The Morgan fingerprint density at radius 1 is 0.953 bits per heavy atom. The number of piperidine rings is 2. The van der Waals surface area contributed by atoms with Gasteiger partial charge in [0.15, 0.2) is 5.79 Å². The molecule has 1 amide bonds. The third-order valence-electron chi connectivity index (χ3n) is 9.04. The number of carbonyl (C=O) groups excluding carboxylic acids is 1. The summed E-state index contributed by atoms with van der Waals surface area (Å²) >= 11 is 6.12. The lowest BCUT2D eigenvalue weighted by atomic mass is 9.83. The van der Waals surface area contributed by atoms with E-state index in [0.717, 1.165) is 12.1 Å². The van der Waals surface area contributed by atoms with Crippen molar-refractivity contribution >= 4 is 38.9 Å². The van der Waals surface area contributed by atoms with Crippen LogP contribution in [0.25, 0.3) is 0 Å². The molecule has 0 unspecified atom stereocenters. The van der Waals surface area contributed by atoms with Crippen LogP contribution in [0.3, 0.4) is 0 Å². The largest absolute Gasteiger partial charge is 0.369 e. The van der Waals surface area contributed by atoms with Crippen LogP contribution >= 0.6 is 11.6 Å². The molecule has 0 saturated carbocycles. The van der Waals surface area contributed by atoms with Crippen LogP contribution in [0, 0.1) is 5.92 Å². The number of ether oxygens (including phenoxy) is 2. The fourth-order valence-corrected chi connectivity index (χ4v) is 8.34. The number of hydrogen-bond donors (Lipinski definition) is 1. The van der Waals surface area contributed by atoms with Gasteiger partial charge in [-0.15, -0.1) is 0 Å². The molecule has 2 aromatic carbocycles. The summed E-state index contributed by atoms with van der Waals surface area (Å²) in [6.45, 7) is 3.99. The number of nitrogens with zero attached hydrogens (tertiary/aromatic N) is 3. The van der Waals surface area contributed by atoms with Gasteiger partial charge in [0.2, 0.25) is 0 Å². The summed E-state index contributed by atoms with van der Waals surface area (Å²) in [5.74, 6) is -0.424. The number of fused-ring (bicyclic) bond motifs is 4. The number of nitrogens with one attached hydrogen (secondary N) is 1. The van der Waals surface area contributed by atoms with Gasteiger partial charge in [-0.2, -0.15) is 0 Å². The first kappa shape index (κ1) is 28.4. The monoisotopic (exact) mass is 624 g/mol. The predicted molar refractivity (Wildman–Crippen MR) is 162 cm³/mol. The number of anilines is 2. The molecule has 10 nitrogen and oxygen atoms in total. The molecule has 3 saturated heterocycles. The molecule has 3 fully saturated rings. The van der Waals surface area contributed by atoms with Crippen molar-refractivity contribution in [1.82, 2.24) is 9.47 Å². The molecule has 12 heteroatoms. The van der Waals surface area contributed by atoms with Crippen LogP contribution in [0.2, 0.25) is 5.02 Å². The average Bonchev–Trinajstić information content (AvgIpc) is 3.45. The molecule has 7 rings (SSSR count). The summed E-state index contributed by atoms with van der Waals surface area (Å²) in [6.07, 6.45) is 2.14. The lowest BCUT2D eigenvalue weighted by Gasteiger charge is -2.44. The Balaban J connectivity index is 1.21. The van der Waals surface area contributed by atoms with Crippen LogP contribution in [0.1, 0.15) is 41.2 Å². The Hall–Kier alpha value is -3.38. The van der Waals surface area contributed by atoms with E-state index in [1.54, 1.807) is 41.3 Å². The lowest BCUT2D eigenvalue weighted by molar-refractivity contribution is -0.181. The summed E-state index contributed by atoms with van der Waals surface area (Å²) in [7, 11) is -4.02. The maximum absolute atomic E-state index is 13.7. The fraction of sp³-hybridized carbons (Fsp3) is 0.419. The van der Waals surface area contributed by atoms with Gasteiger partial charge in [0.05, 0.1) is 29.5 Å². The Labute approximate surface area is 255 Å². The quantitative estimate of drug-likeness (QED) is 0.458. The standard InChI is InChI=1S/C31H33ClN4O6S/c32-24-3-1-4-25(17-24)43(39,40)33-26-16-22(30(38)34-11-9-31(10-12-34)41-13-14-42-31)7-8-28(26)35-18-21-15-23(20-35)27-5-2-6-29(37)36(27)19-21/h1-8,16-17,21,23,33H,9-15,18-20H2/t21-,23+/m1/s1. The van der Waals surface area contributed by atoms with Gasteiger partial charge in [-0.3, -0.25) is 14.3 Å². The summed E-state index contributed by atoms with van der Waals surface area (Å²) in [6, 6.07) is 16.7. The van der Waals surface area contributed by atoms with Crippen molar-refractivity contribution in [2.45, 2.75) is 42.4 Å². The Morgan fingerprint density at radius 3 is 2.49 bits per heavy atom. The smallest absolute Gasteiger partial charge is 0.262 e. The van der Waals surface area contributed by atoms with Gasteiger partial charge >= 0.3 is 0 Å². The number of pyridine rings is 1. The van der Waals surface area contributed by atoms with Crippen molar-refractivity contribution < 1.29 is 22.7 Å².